The predicted octanol–water partition coefficient (Wildman–Crippen LogP) is 3.30. The normalized spacial score (nSPS) is 32.2. The average molecular weight is 200 g/mol. The summed E-state index contributed by atoms with van der Waals surface area (Å²) in [5.74, 6) is 1.81. The van der Waals surface area contributed by atoms with Crippen molar-refractivity contribution in [2.24, 2.45) is 5.92 Å². The molecule has 1 saturated carbocycles. The highest BCUT2D eigenvalue weighted by molar-refractivity contribution is 5.41. The SMILES string of the molecule is COc1cccc(C23C=CC(CC2)C3)c1. The molecule has 1 nitrogen and oxygen atoms in total. The van der Waals surface area contributed by atoms with E-state index in [-0.39, 0.29) is 0 Å². The molecule has 0 saturated heterocycles. The molecule has 2 unspecified atom stereocenters. The van der Waals surface area contributed by atoms with Gasteiger partial charge in [0.1, 0.15) is 5.75 Å². The number of hydrogen-bond acceptors (Lipinski definition) is 1. The topological polar surface area (TPSA) is 9.23 Å². The standard InChI is InChI=1S/C14H16O/c1-15-13-4-2-3-12(9-13)14-7-5-11(10-14)6-8-14/h2-5,7,9,11H,6,8,10H2,1H3. The third-order valence-corrected chi connectivity index (χ3v) is 3.92. The molecule has 0 radical (unpaired) electrons. The van der Waals surface area contributed by atoms with Gasteiger partial charge in [-0.1, -0.05) is 24.3 Å². The summed E-state index contributed by atoms with van der Waals surface area (Å²) in [5.41, 5.74) is 1.76. The van der Waals surface area contributed by atoms with Gasteiger partial charge in [0.05, 0.1) is 7.11 Å². The average Bonchev–Trinajstić information content (AvgIpc) is 2.90. The van der Waals surface area contributed by atoms with Gasteiger partial charge in [-0.15, -0.1) is 0 Å². The van der Waals surface area contributed by atoms with Crippen molar-refractivity contribution in [2.45, 2.75) is 24.7 Å². The molecule has 1 aromatic carbocycles. The molecule has 1 heteroatoms. The highest BCUT2D eigenvalue weighted by atomic mass is 16.5. The monoisotopic (exact) mass is 200 g/mol. The van der Waals surface area contributed by atoms with E-state index in [4.69, 9.17) is 4.74 Å². The summed E-state index contributed by atoms with van der Waals surface area (Å²) in [6.07, 6.45) is 8.77. The second-order valence-corrected chi connectivity index (χ2v) is 4.75. The number of allylic oxidation sites excluding steroid dienone is 2. The van der Waals surface area contributed by atoms with Crippen molar-refractivity contribution in [3.05, 3.63) is 42.0 Å². The molecule has 1 fully saturated rings. The Kier molecular flexibility index (Phi) is 1.88. The summed E-state index contributed by atoms with van der Waals surface area (Å²) in [6, 6.07) is 8.55. The zero-order chi connectivity index (χ0) is 10.3. The molecule has 3 rings (SSSR count). The molecule has 78 valence electrons. The Morgan fingerprint density at radius 1 is 1.40 bits per heavy atom. The van der Waals surface area contributed by atoms with E-state index in [1.54, 1.807) is 7.11 Å². The van der Waals surface area contributed by atoms with Crippen LogP contribution < -0.4 is 4.74 Å². The van der Waals surface area contributed by atoms with Gasteiger partial charge in [-0.05, 0) is 42.9 Å². The molecule has 2 aliphatic rings. The van der Waals surface area contributed by atoms with Crippen LogP contribution in [0.15, 0.2) is 36.4 Å². The third-order valence-electron chi connectivity index (χ3n) is 3.92. The predicted molar refractivity (Wildman–Crippen MR) is 61.2 cm³/mol. The highest BCUT2D eigenvalue weighted by Crippen LogP contribution is 2.51. The Morgan fingerprint density at radius 3 is 2.93 bits per heavy atom. The molecule has 0 heterocycles. The van der Waals surface area contributed by atoms with Crippen molar-refractivity contribution >= 4 is 0 Å². The lowest BCUT2D eigenvalue weighted by atomic mass is 9.80. The van der Waals surface area contributed by atoms with Gasteiger partial charge in [0.15, 0.2) is 0 Å². The number of fused-ring (bicyclic) bond motifs is 2. The first kappa shape index (κ1) is 9.02. The number of hydrogen-bond donors (Lipinski definition) is 0. The minimum Gasteiger partial charge on any atom is -0.497 e. The van der Waals surface area contributed by atoms with Crippen LogP contribution in [0.1, 0.15) is 24.8 Å². The Labute approximate surface area is 90.8 Å². The van der Waals surface area contributed by atoms with Crippen LogP contribution in [0.3, 0.4) is 0 Å². The van der Waals surface area contributed by atoms with Gasteiger partial charge in [-0.25, -0.2) is 0 Å². The summed E-state index contributed by atoms with van der Waals surface area (Å²) in [6.45, 7) is 0. The zero-order valence-electron chi connectivity index (χ0n) is 9.07. The van der Waals surface area contributed by atoms with E-state index in [9.17, 15) is 0 Å². The summed E-state index contributed by atoms with van der Waals surface area (Å²) in [5, 5.41) is 0. The van der Waals surface area contributed by atoms with Crippen molar-refractivity contribution in [1.82, 2.24) is 0 Å². The van der Waals surface area contributed by atoms with E-state index in [0.717, 1.165) is 11.7 Å². The van der Waals surface area contributed by atoms with Crippen LogP contribution in [-0.4, -0.2) is 7.11 Å². The van der Waals surface area contributed by atoms with Crippen molar-refractivity contribution in [3.8, 4) is 5.75 Å². The van der Waals surface area contributed by atoms with E-state index >= 15 is 0 Å². The van der Waals surface area contributed by atoms with Gasteiger partial charge in [0.25, 0.3) is 0 Å². The number of ether oxygens (including phenoxy) is 1. The fourth-order valence-corrected chi connectivity index (χ4v) is 3.04. The smallest absolute Gasteiger partial charge is 0.119 e. The van der Waals surface area contributed by atoms with Crippen molar-refractivity contribution in [2.75, 3.05) is 7.11 Å². The van der Waals surface area contributed by atoms with Crippen LogP contribution in [-0.2, 0) is 5.41 Å². The van der Waals surface area contributed by atoms with Gasteiger partial charge in [0, 0.05) is 5.41 Å². The molecular weight excluding hydrogens is 184 g/mol. The van der Waals surface area contributed by atoms with E-state index in [1.807, 2.05) is 6.07 Å². The number of benzene rings is 1. The molecule has 0 aliphatic heterocycles. The van der Waals surface area contributed by atoms with Gasteiger partial charge in [-0.2, -0.15) is 0 Å². The maximum Gasteiger partial charge on any atom is 0.119 e. The van der Waals surface area contributed by atoms with Gasteiger partial charge < -0.3 is 4.74 Å². The largest absolute Gasteiger partial charge is 0.497 e. The van der Waals surface area contributed by atoms with Gasteiger partial charge >= 0.3 is 0 Å². The summed E-state index contributed by atoms with van der Waals surface area (Å²) < 4.78 is 5.29. The molecule has 0 spiro atoms. The first-order valence-electron chi connectivity index (χ1n) is 5.66. The maximum atomic E-state index is 5.29. The fourth-order valence-electron chi connectivity index (χ4n) is 3.04. The van der Waals surface area contributed by atoms with Crippen LogP contribution in [0.5, 0.6) is 5.75 Å². The molecule has 2 bridgehead atoms. The second-order valence-electron chi connectivity index (χ2n) is 4.75. The van der Waals surface area contributed by atoms with E-state index < -0.39 is 0 Å². The minimum atomic E-state index is 0.333. The van der Waals surface area contributed by atoms with Crippen LogP contribution in [0.4, 0.5) is 0 Å². The molecule has 0 amide bonds. The summed E-state index contributed by atoms with van der Waals surface area (Å²) in [4.78, 5) is 0. The van der Waals surface area contributed by atoms with Gasteiger partial charge in [-0.3, -0.25) is 0 Å². The van der Waals surface area contributed by atoms with Crippen LogP contribution in [0, 0.1) is 5.92 Å². The van der Waals surface area contributed by atoms with Crippen molar-refractivity contribution < 1.29 is 4.74 Å². The van der Waals surface area contributed by atoms with E-state index in [2.05, 4.69) is 30.4 Å². The quantitative estimate of drug-likeness (QED) is 0.665. The second kappa shape index (κ2) is 3.13. The maximum absolute atomic E-state index is 5.29. The third kappa shape index (κ3) is 1.30. The van der Waals surface area contributed by atoms with Crippen molar-refractivity contribution in [1.29, 1.82) is 0 Å². The Balaban J connectivity index is 2.02. The Hall–Kier alpha value is -1.24. The first-order chi connectivity index (χ1) is 7.32. The number of methoxy groups -OCH3 is 1. The lowest BCUT2D eigenvalue weighted by Gasteiger charge is -2.24. The zero-order valence-corrected chi connectivity index (χ0v) is 9.07. The molecule has 0 aromatic heterocycles. The Morgan fingerprint density at radius 2 is 2.33 bits per heavy atom. The lowest BCUT2D eigenvalue weighted by Crippen LogP contribution is -2.17. The fraction of sp³-hybridized carbons (Fsp3) is 0.429. The molecular formula is C14H16O. The Bertz CT molecular complexity index is 408. The van der Waals surface area contributed by atoms with Crippen LogP contribution >= 0.6 is 0 Å². The first-order valence-corrected chi connectivity index (χ1v) is 5.66. The highest BCUT2D eigenvalue weighted by Gasteiger charge is 2.41. The minimum absolute atomic E-state index is 0.333. The number of rotatable bonds is 2. The van der Waals surface area contributed by atoms with Gasteiger partial charge in [0.2, 0.25) is 0 Å². The van der Waals surface area contributed by atoms with Crippen LogP contribution in [0.2, 0.25) is 0 Å². The van der Waals surface area contributed by atoms with Crippen molar-refractivity contribution in [3.63, 3.8) is 0 Å². The summed E-state index contributed by atoms with van der Waals surface area (Å²) in [7, 11) is 1.73. The lowest BCUT2D eigenvalue weighted by molar-refractivity contribution is 0.412. The molecule has 0 N–H and O–H groups in total. The molecule has 1 aromatic rings. The summed E-state index contributed by atoms with van der Waals surface area (Å²) >= 11 is 0. The van der Waals surface area contributed by atoms with E-state index in [1.165, 1.54) is 24.8 Å². The molecule has 2 aliphatic carbocycles. The van der Waals surface area contributed by atoms with Crippen LogP contribution in [0.25, 0.3) is 0 Å². The van der Waals surface area contributed by atoms with E-state index in [0.29, 0.717) is 5.41 Å². The molecule has 15 heavy (non-hydrogen) atoms. The molecule has 2 atom stereocenters.